The van der Waals surface area contributed by atoms with Crippen LogP contribution in [0.15, 0.2) is 18.2 Å². The van der Waals surface area contributed by atoms with Crippen LogP contribution in [0.25, 0.3) is 0 Å². The van der Waals surface area contributed by atoms with Crippen molar-refractivity contribution in [2.75, 3.05) is 20.8 Å². The fourth-order valence-electron chi connectivity index (χ4n) is 1.41. The van der Waals surface area contributed by atoms with Crippen LogP contribution in [0.3, 0.4) is 0 Å². The van der Waals surface area contributed by atoms with Crippen molar-refractivity contribution in [2.45, 2.75) is 12.6 Å². The average molecular weight is 293 g/mol. The SMILES string of the molecule is COc1ccc(CC(=O)NOCC(F)(F)F)cc1OC. The van der Waals surface area contributed by atoms with Crippen molar-refractivity contribution < 1.29 is 32.3 Å². The Balaban J connectivity index is 2.54. The summed E-state index contributed by atoms with van der Waals surface area (Å²) >= 11 is 0. The monoisotopic (exact) mass is 293 g/mol. The van der Waals surface area contributed by atoms with Gasteiger partial charge in [0.2, 0.25) is 5.91 Å². The predicted molar refractivity (Wildman–Crippen MR) is 63.4 cm³/mol. The van der Waals surface area contributed by atoms with Crippen LogP contribution in [0.5, 0.6) is 11.5 Å². The zero-order chi connectivity index (χ0) is 15.2. The molecule has 0 aliphatic heterocycles. The summed E-state index contributed by atoms with van der Waals surface area (Å²) in [6.07, 6.45) is -4.63. The van der Waals surface area contributed by atoms with Gasteiger partial charge in [-0.25, -0.2) is 5.48 Å². The highest BCUT2D eigenvalue weighted by Gasteiger charge is 2.28. The van der Waals surface area contributed by atoms with Gasteiger partial charge in [0.1, 0.15) is 0 Å². The summed E-state index contributed by atoms with van der Waals surface area (Å²) in [7, 11) is 2.91. The van der Waals surface area contributed by atoms with Gasteiger partial charge in [-0.2, -0.15) is 13.2 Å². The Labute approximate surface area is 113 Å². The summed E-state index contributed by atoms with van der Waals surface area (Å²) in [5.41, 5.74) is 2.27. The minimum atomic E-state index is -4.49. The van der Waals surface area contributed by atoms with Crippen LogP contribution >= 0.6 is 0 Å². The molecule has 1 rings (SSSR count). The van der Waals surface area contributed by atoms with Gasteiger partial charge in [-0.3, -0.25) is 9.63 Å². The van der Waals surface area contributed by atoms with E-state index in [1.165, 1.54) is 14.2 Å². The molecule has 1 aromatic rings. The molecular weight excluding hydrogens is 279 g/mol. The molecule has 1 aromatic carbocycles. The lowest BCUT2D eigenvalue weighted by Gasteiger charge is -2.10. The number of hydrogen-bond acceptors (Lipinski definition) is 4. The number of amides is 1. The summed E-state index contributed by atoms with van der Waals surface area (Å²) in [6, 6.07) is 4.75. The minimum Gasteiger partial charge on any atom is -0.493 e. The second-order valence-electron chi connectivity index (χ2n) is 3.80. The quantitative estimate of drug-likeness (QED) is 0.813. The highest BCUT2D eigenvalue weighted by atomic mass is 19.4. The van der Waals surface area contributed by atoms with Crippen molar-refractivity contribution >= 4 is 5.91 Å². The average Bonchev–Trinajstić information content (AvgIpc) is 2.37. The molecule has 0 aromatic heterocycles. The molecule has 1 N–H and O–H groups in total. The predicted octanol–water partition coefficient (Wildman–Crippen LogP) is 1.86. The third kappa shape index (κ3) is 5.35. The van der Waals surface area contributed by atoms with E-state index in [-0.39, 0.29) is 6.42 Å². The topological polar surface area (TPSA) is 56.8 Å². The largest absolute Gasteiger partial charge is 0.493 e. The molecule has 0 spiro atoms. The molecule has 0 saturated heterocycles. The van der Waals surface area contributed by atoms with Crippen LogP contribution in [0.4, 0.5) is 13.2 Å². The summed E-state index contributed by atoms with van der Waals surface area (Å²) in [4.78, 5) is 15.4. The maximum Gasteiger partial charge on any atom is 0.414 e. The van der Waals surface area contributed by atoms with Crippen molar-refractivity contribution in [3.63, 3.8) is 0 Å². The smallest absolute Gasteiger partial charge is 0.414 e. The number of ether oxygens (including phenoxy) is 2. The molecule has 0 heterocycles. The van der Waals surface area contributed by atoms with Gasteiger partial charge >= 0.3 is 6.18 Å². The third-order valence-corrected chi connectivity index (χ3v) is 2.23. The summed E-state index contributed by atoms with van der Waals surface area (Å²) in [6.45, 7) is -1.54. The van der Waals surface area contributed by atoms with Crippen LogP contribution in [-0.2, 0) is 16.1 Å². The summed E-state index contributed by atoms with van der Waals surface area (Å²) in [5, 5.41) is 0. The van der Waals surface area contributed by atoms with Gasteiger partial charge in [-0.15, -0.1) is 0 Å². The molecule has 8 heteroatoms. The van der Waals surface area contributed by atoms with E-state index in [1.807, 2.05) is 0 Å². The molecule has 20 heavy (non-hydrogen) atoms. The number of rotatable bonds is 6. The normalized spacial score (nSPS) is 11.1. The van der Waals surface area contributed by atoms with Gasteiger partial charge in [0.25, 0.3) is 0 Å². The molecule has 1 amide bonds. The Kier molecular flexibility index (Phi) is 5.63. The minimum absolute atomic E-state index is 0.141. The van der Waals surface area contributed by atoms with Crippen LogP contribution < -0.4 is 15.0 Å². The van der Waals surface area contributed by atoms with Crippen LogP contribution in [0.2, 0.25) is 0 Å². The summed E-state index contributed by atoms with van der Waals surface area (Å²) in [5.74, 6) is 0.223. The second kappa shape index (κ2) is 6.99. The maximum atomic E-state index is 11.8. The van der Waals surface area contributed by atoms with Gasteiger partial charge in [0.05, 0.1) is 20.6 Å². The van der Waals surface area contributed by atoms with Crippen LogP contribution in [0.1, 0.15) is 5.56 Å². The van der Waals surface area contributed by atoms with Gasteiger partial charge in [-0.05, 0) is 17.7 Å². The molecule has 0 aliphatic carbocycles. The number of carbonyl (C=O) groups is 1. The van der Waals surface area contributed by atoms with E-state index in [0.717, 1.165) is 0 Å². The number of benzene rings is 1. The number of hydroxylamine groups is 1. The number of nitrogens with one attached hydrogen (secondary N) is 1. The van der Waals surface area contributed by atoms with Gasteiger partial charge < -0.3 is 9.47 Å². The van der Waals surface area contributed by atoms with E-state index >= 15 is 0 Å². The van der Waals surface area contributed by atoms with Gasteiger partial charge in [0, 0.05) is 0 Å². The molecule has 0 fully saturated rings. The lowest BCUT2D eigenvalue weighted by Crippen LogP contribution is -2.30. The molecular formula is C12H14F3NO4. The Morgan fingerprint density at radius 3 is 2.40 bits per heavy atom. The van der Waals surface area contributed by atoms with E-state index in [0.29, 0.717) is 17.1 Å². The Hall–Kier alpha value is -1.96. The third-order valence-electron chi connectivity index (χ3n) is 2.23. The number of hydrogen-bond donors (Lipinski definition) is 1. The zero-order valence-corrected chi connectivity index (χ0v) is 10.9. The fraction of sp³-hybridized carbons (Fsp3) is 0.417. The van der Waals surface area contributed by atoms with Crippen molar-refractivity contribution in [3.8, 4) is 11.5 Å². The second-order valence-corrected chi connectivity index (χ2v) is 3.80. The fourth-order valence-corrected chi connectivity index (χ4v) is 1.41. The Morgan fingerprint density at radius 2 is 1.85 bits per heavy atom. The van der Waals surface area contributed by atoms with E-state index in [4.69, 9.17) is 9.47 Å². The standard InChI is InChI=1S/C12H14F3NO4/c1-18-9-4-3-8(5-10(9)19-2)6-11(17)16-20-7-12(13,14)15/h3-5H,6-7H2,1-2H3,(H,16,17). The van der Waals surface area contributed by atoms with Crippen LogP contribution in [-0.4, -0.2) is 32.9 Å². The molecule has 0 saturated carbocycles. The van der Waals surface area contributed by atoms with Crippen LogP contribution in [0, 0.1) is 0 Å². The number of halogens is 3. The summed E-state index contributed by atoms with van der Waals surface area (Å²) < 4.78 is 45.5. The maximum absolute atomic E-state index is 11.8. The van der Waals surface area contributed by atoms with Gasteiger partial charge in [-0.1, -0.05) is 6.07 Å². The first kappa shape index (κ1) is 16.1. The molecule has 0 bridgehead atoms. The number of carbonyl (C=O) groups excluding carboxylic acids is 1. The molecule has 0 radical (unpaired) electrons. The lowest BCUT2D eigenvalue weighted by molar-refractivity contribution is -0.191. The lowest BCUT2D eigenvalue weighted by atomic mass is 10.1. The van der Waals surface area contributed by atoms with Crippen molar-refractivity contribution in [3.05, 3.63) is 23.8 Å². The first-order chi connectivity index (χ1) is 9.35. The van der Waals surface area contributed by atoms with Crippen molar-refractivity contribution in [2.24, 2.45) is 0 Å². The first-order valence-electron chi connectivity index (χ1n) is 5.54. The van der Waals surface area contributed by atoms with Crippen molar-refractivity contribution in [1.29, 1.82) is 0 Å². The molecule has 0 aliphatic rings. The van der Waals surface area contributed by atoms with E-state index in [1.54, 1.807) is 23.7 Å². The highest BCUT2D eigenvalue weighted by Crippen LogP contribution is 2.27. The van der Waals surface area contributed by atoms with Gasteiger partial charge in [0.15, 0.2) is 18.1 Å². The Bertz CT molecular complexity index is 463. The first-order valence-corrected chi connectivity index (χ1v) is 5.54. The van der Waals surface area contributed by atoms with E-state index in [9.17, 15) is 18.0 Å². The Morgan fingerprint density at radius 1 is 1.20 bits per heavy atom. The molecule has 112 valence electrons. The number of methoxy groups -OCH3 is 2. The van der Waals surface area contributed by atoms with E-state index in [2.05, 4.69) is 4.84 Å². The number of alkyl halides is 3. The highest BCUT2D eigenvalue weighted by molar-refractivity contribution is 5.77. The van der Waals surface area contributed by atoms with E-state index < -0.39 is 18.7 Å². The zero-order valence-electron chi connectivity index (χ0n) is 10.9. The molecule has 0 unspecified atom stereocenters. The van der Waals surface area contributed by atoms with Crippen molar-refractivity contribution in [1.82, 2.24) is 5.48 Å². The molecule has 5 nitrogen and oxygen atoms in total. The molecule has 0 atom stereocenters.